The van der Waals surface area contributed by atoms with Gasteiger partial charge >= 0.3 is 0 Å². The van der Waals surface area contributed by atoms with Crippen molar-refractivity contribution < 1.29 is 9.59 Å². The summed E-state index contributed by atoms with van der Waals surface area (Å²) < 4.78 is 0. The van der Waals surface area contributed by atoms with E-state index in [4.69, 9.17) is 0 Å². The maximum absolute atomic E-state index is 11.7. The first kappa shape index (κ1) is 10.5. The van der Waals surface area contributed by atoms with Crippen LogP contribution in [-0.4, -0.2) is 29.3 Å². The zero-order chi connectivity index (χ0) is 10.6. The van der Waals surface area contributed by atoms with Crippen LogP contribution in [0.25, 0.3) is 0 Å². The molecule has 0 saturated carbocycles. The van der Waals surface area contributed by atoms with Gasteiger partial charge in [0.15, 0.2) is 0 Å². The van der Waals surface area contributed by atoms with Crippen molar-refractivity contribution in [2.24, 2.45) is 0 Å². The Morgan fingerprint density at radius 1 is 1.64 bits per heavy atom. The molecule has 0 fully saturated rings. The average Bonchev–Trinajstić information content (AvgIpc) is 2.31. The van der Waals surface area contributed by atoms with Gasteiger partial charge in [0, 0.05) is 18.8 Å². The van der Waals surface area contributed by atoms with Crippen LogP contribution >= 0.6 is 0 Å². The molecule has 1 aliphatic rings. The van der Waals surface area contributed by atoms with Crippen LogP contribution in [0.1, 0.15) is 13.3 Å². The molecule has 2 amide bonds. The second kappa shape index (κ2) is 4.60. The summed E-state index contributed by atoms with van der Waals surface area (Å²) in [4.78, 5) is 24.4. The lowest BCUT2D eigenvalue weighted by atomic mass is 10.2. The highest BCUT2D eigenvalue weighted by Gasteiger charge is 2.24. The van der Waals surface area contributed by atoms with Crippen molar-refractivity contribution in [2.45, 2.75) is 19.4 Å². The molecule has 1 aliphatic heterocycles. The summed E-state index contributed by atoms with van der Waals surface area (Å²) >= 11 is 0. The summed E-state index contributed by atoms with van der Waals surface area (Å²) in [5, 5.41) is 2.62. The van der Waals surface area contributed by atoms with E-state index in [1.807, 2.05) is 6.92 Å². The summed E-state index contributed by atoms with van der Waals surface area (Å²) in [6.07, 6.45) is 5.08. The van der Waals surface area contributed by atoms with Crippen molar-refractivity contribution in [1.29, 1.82) is 0 Å². The zero-order valence-electron chi connectivity index (χ0n) is 8.19. The number of nitrogens with one attached hydrogen (secondary N) is 1. The second-order valence-corrected chi connectivity index (χ2v) is 3.06. The lowest BCUT2D eigenvalue weighted by Crippen LogP contribution is -2.43. The molecule has 0 aromatic carbocycles. The van der Waals surface area contributed by atoms with Crippen molar-refractivity contribution in [3.63, 3.8) is 0 Å². The Bertz CT molecular complexity index is 284. The largest absolute Gasteiger partial charge is 0.341 e. The van der Waals surface area contributed by atoms with Crippen LogP contribution in [-0.2, 0) is 9.59 Å². The SMILES string of the molecule is C=CCN1C=CC(=O)NC(CC)C1=O. The molecule has 0 bridgehead atoms. The first-order valence-corrected chi connectivity index (χ1v) is 4.59. The Labute approximate surface area is 83.3 Å². The monoisotopic (exact) mass is 194 g/mol. The van der Waals surface area contributed by atoms with Crippen molar-refractivity contribution in [1.82, 2.24) is 10.2 Å². The zero-order valence-corrected chi connectivity index (χ0v) is 8.19. The Kier molecular flexibility index (Phi) is 3.45. The molecule has 14 heavy (non-hydrogen) atoms. The van der Waals surface area contributed by atoms with Crippen LogP contribution < -0.4 is 5.32 Å². The lowest BCUT2D eigenvalue weighted by Gasteiger charge is -2.19. The van der Waals surface area contributed by atoms with Crippen LogP contribution in [0.15, 0.2) is 24.9 Å². The molecule has 0 spiro atoms. The van der Waals surface area contributed by atoms with Crippen LogP contribution in [0.4, 0.5) is 0 Å². The number of nitrogens with zero attached hydrogens (tertiary/aromatic N) is 1. The van der Waals surface area contributed by atoms with E-state index in [1.165, 1.54) is 17.2 Å². The smallest absolute Gasteiger partial charge is 0.249 e. The standard InChI is InChI=1S/C10H14N2O2/c1-3-6-12-7-5-9(13)11-8(4-2)10(12)14/h3,5,7-8H,1,4,6H2,2H3,(H,11,13). The Morgan fingerprint density at radius 3 is 2.93 bits per heavy atom. The van der Waals surface area contributed by atoms with Gasteiger partial charge in [-0.05, 0) is 6.42 Å². The van der Waals surface area contributed by atoms with Gasteiger partial charge in [0.1, 0.15) is 6.04 Å². The van der Waals surface area contributed by atoms with E-state index in [2.05, 4.69) is 11.9 Å². The maximum Gasteiger partial charge on any atom is 0.249 e. The molecule has 0 aromatic rings. The Hall–Kier alpha value is -1.58. The topological polar surface area (TPSA) is 49.4 Å². The molecular formula is C10H14N2O2. The first-order chi connectivity index (χ1) is 6.69. The predicted octanol–water partition coefficient (Wildman–Crippen LogP) is 0.423. The van der Waals surface area contributed by atoms with Crippen LogP contribution in [0.3, 0.4) is 0 Å². The summed E-state index contributed by atoms with van der Waals surface area (Å²) in [5.41, 5.74) is 0. The molecule has 1 heterocycles. The van der Waals surface area contributed by atoms with Crippen LogP contribution in [0.2, 0.25) is 0 Å². The molecule has 1 N–H and O–H groups in total. The van der Waals surface area contributed by atoms with Gasteiger partial charge in [-0.25, -0.2) is 0 Å². The molecule has 1 atom stereocenters. The number of hydrogen-bond donors (Lipinski definition) is 1. The number of carbonyl (C=O) groups is 2. The maximum atomic E-state index is 11.7. The summed E-state index contributed by atoms with van der Waals surface area (Å²) in [5.74, 6) is -0.314. The third-order valence-electron chi connectivity index (χ3n) is 2.04. The molecule has 0 aromatic heterocycles. The van der Waals surface area contributed by atoms with Gasteiger partial charge in [-0.1, -0.05) is 13.0 Å². The van der Waals surface area contributed by atoms with Gasteiger partial charge in [-0.15, -0.1) is 6.58 Å². The lowest BCUT2D eigenvalue weighted by molar-refractivity contribution is -0.132. The molecular weight excluding hydrogens is 180 g/mol. The third kappa shape index (κ3) is 2.22. The number of rotatable bonds is 3. The second-order valence-electron chi connectivity index (χ2n) is 3.06. The number of carbonyl (C=O) groups excluding carboxylic acids is 2. The van der Waals surface area contributed by atoms with E-state index >= 15 is 0 Å². The minimum Gasteiger partial charge on any atom is -0.341 e. The van der Waals surface area contributed by atoms with Crippen LogP contribution in [0.5, 0.6) is 0 Å². The number of amides is 2. The van der Waals surface area contributed by atoms with Crippen LogP contribution in [0, 0.1) is 0 Å². The highest BCUT2D eigenvalue weighted by Crippen LogP contribution is 2.04. The highest BCUT2D eigenvalue weighted by molar-refractivity contribution is 5.95. The Balaban J connectivity index is 2.83. The van der Waals surface area contributed by atoms with E-state index in [0.717, 1.165) is 0 Å². The molecule has 0 radical (unpaired) electrons. The minimum atomic E-state index is -0.419. The quantitative estimate of drug-likeness (QED) is 0.662. The normalized spacial score (nSPS) is 21.8. The van der Waals surface area contributed by atoms with Gasteiger partial charge in [0.25, 0.3) is 0 Å². The molecule has 4 heteroatoms. The average molecular weight is 194 g/mol. The van der Waals surface area contributed by atoms with E-state index in [1.54, 1.807) is 6.08 Å². The Morgan fingerprint density at radius 2 is 2.36 bits per heavy atom. The fourth-order valence-corrected chi connectivity index (χ4v) is 1.28. The molecule has 0 saturated heterocycles. The first-order valence-electron chi connectivity index (χ1n) is 4.59. The summed E-state index contributed by atoms with van der Waals surface area (Å²) in [6.45, 7) is 5.85. The van der Waals surface area contributed by atoms with E-state index in [0.29, 0.717) is 13.0 Å². The molecule has 0 aliphatic carbocycles. The van der Waals surface area contributed by atoms with Gasteiger partial charge < -0.3 is 10.2 Å². The summed E-state index contributed by atoms with van der Waals surface area (Å²) in [6, 6.07) is -0.419. The van der Waals surface area contributed by atoms with Gasteiger partial charge in [-0.2, -0.15) is 0 Å². The molecule has 76 valence electrons. The molecule has 1 rings (SSSR count). The third-order valence-corrected chi connectivity index (χ3v) is 2.04. The van der Waals surface area contributed by atoms with E-state index < -0.39 is 6.04 Å². The van der Waals surface area contributed by atoms with Crippen molar-refractivity contribution in [3.8, 4) is 0 Å². The summed E-state index contributed by atoms with van der Waals surface area (Å²) in [7, 11) is 0. The predicted molar refractivity (Wildman–Crippen MR) is 53.3 cm³/mol. The number of hydrogen-bond acceptors (Lipinski definition) is 2. The fraction of sp³-hybridized carbons (Fsp3) is 0.400. The van der Waals surface area contributed by atoms with Gasteiger partial charge in [0.2, 0.25) is 11.8 Å². The van der Waals surface area contributed by atoms with Crippen molar-refractivity contribution in [2.75, 3.05) is 6.54 Å². The minimum absolute atomic E-state index is 0.0884. The van der Waals surface area contributed by atoms with E-state index in [9.17, 15) is 9.59 Å². The van der Waals surface area contributed by atoms with Crippen molar-refractivity contribution >= 4 is 11.8 Å². The van der Waals surface area contributed by atoms with Gasteiger partial charge in [-0.3, -0.25) is 9.59 Å². The highest BCUT2D eigenvalue weighted by atomic mass is 16.2. The fourth-order valence-electron chi connectivity index (χ4n) is 1.28. The van der Waals surface area contributed by atoms with Crippen molar-refractivity contribution in [3.05, 3.63) is 24.9 Å². The van der Waals surface area contributed by atoms with E-state index in [-0.39, 0.29) is 11.8 Å². The van der Waals surface area contributed by atoms with Gasteiger partial charge in [0.05, 0.1) is 0 Å². The molecule has 4 nitrogen and oxygen atoms in total. The molecule has 1 unspecified atom stereocenters.